The summed E-state index contributed by atoms with van der Waals surface area (Å²) >= 11 is 1.69. The highest BCUT2D eigenvalue weighted by Gasteiger charge is 2.13. The van der Waals surface area contributed by atoms with E-state index in [2.05, 4.69) is 51.8 Å². The van der Waals surface area contributed by atoms with E-state index in [1.165, 1.54) is 10.3 Å². The number of thiophene rings is 1. The minimum Gasteiger partial charge on any atom is -0.396 e. The molecule has 1 unspecified atom stereocenters. The van der Waals surface area contributed by atoms with Crippen LogP contribution in [0.15, 0.2) is 35.7 Å². The normalized spacial score (nSPS) is 13.2. The minimum atomic E-state index is 0.189. The number of aliphatic hydroxyl groups is 1. The lowest BCUT2D eigenvalue weighted by Crippen LogP contribution is -2.01. The molecule has 3 aromatic heterocycles. The molecular weight excluding hydrogens is 294 g/mol. The fraction of sp³-hybridized carbons (Fsp3) is 0.235. The van der Waals surface area contributed by atoms with Gasteiger partial charge in [-0.2, -0.15) is 5.10 Å². The van der Waals surface area contributed by atoms with Crippen LogP contribution in [0.4, 0.5) is 0 Å². The average molecular weight is 311 g/mol. The van der Waals surface area contributed by atoms with E-state index in [9.17, 15) is 5.11 Å². The topological polar surface area (TPSA) is 64.7 Å². The second-order valence-electron chi connectivity index (χ2n) is 5.55. The van der Waals surface area contributed by atoms with E-state index in [4.69, 9.17) is 0 Å². The molecule has 0 bridgehead atoms. The minimum absolute atomic E-state index is 0.189. The summed E-state index contributed by atoms with van der Waals surface area (Å²) in [6.45, 7) is 2.29. The number of H-pyrrole nitrogens is 2. The first-order chi connectivity index (χ1) is 10.8. The van der Waals surface area contributed by atoms with Crippen molar-refractivity contribution in [2.45, 2.75) is 19.3 Å². The number of nitrogens with one attached hydrogen (secondary N) is 2. The van der Waals surface area contributed by atoms with Gasteiger partial charge in [0.05, 0.1) is 15.9 Å². The Morgan fingerprint density at radius 1 is 1.23 bits per heavy atom. The van der Waals surface area contributed by atoms with Gasteiger partial charge in [-0.05, 0) is 41.6 Å². The van der Waals surface area contributed by atoms with Gasteiger partial charge in [-0.15, -0.1) is 11.3 Å². The Hall–Kier alpha value is -2.11. The highest BCUT2D eigenvalue weighted by atomic mass is 32.1. The first kappa shape index (κ1) is 13.5. The molecule has 3 heterocycles. The van der Waals surface area contributed by atoms with E-state index in [-0.39, 0.29) is 12.5 Å². The summed E-state index contributed by atoms with van der Waals surface area (Å²) < 4.78 is 1.17. The quantitative estimate of drug-likeness (QED) is 0.527. The van der Waals surface area contributed by atoms with Crippen LogP contribution in [0.1, 0.15) is 24.8 Å². The van der Waals surface area contributed by atoms with Crippen LogP contribution in [0.3, 0.4) is 0 Å². The van der Waals surface area contributed by atoms with Gasteiger partial charge in [-0.3, -0.25) is 5.10 Å². The summed E-state index contributed by atoms with van der Waals surface area (Å²) in [4.78, 5) is 3.44. The van der Waals surface area contributed by atoms with Crippen molar-refractivity contribution in [3.63, 3.8) is 0 Å². The van der Waals surface area contributed by atoms with Gasteiger partial charge in [0.25, 0.3) is 0 Å². The summed E-state index contributed by atoms with van der Waals surface area (Å²) in [6, 6.07) is 10.5. The summed E-state index contributed by atoms with van der Waals surface area (Å²) in [7, 11) is 0. The van der Waals surface area contributed by atoms with Gasteiger partial charge in [0.15, 0.2) is 0 Å². The molecule has 5 heteroatoms. The SMILES string of the molecule is CCC(CO)c1ccc2[nH]c(-c3n[nH]c4ccsc34)cc2c1. The Bertz CT molecular complexity index is 930. The largest absolute Gasteiger partial charge is 0.396 e. The van der Waals surface area contributed by atoms with Crippen LogP contribution in [0.2, 0.25) is 0 Å². The van der Waals surface area contributed by atoms with Crippen molar-refractivity contribution < 1.29 is 5.11 Å². The van der Waals surface area contributed by atoms with Crippen LogP contribution >= 0.6 is 11.3 Å². The zero-order valence-corrected chi connectivity index (χ0v) is 13.1. The molecule has 3 N–H and O–H groups in total. The zero-order chi connectivity index (χ0) is 15.1. The van der Waals surface area contributed by atoms with Gasteiger partial charge in [-0.1, -0.05) is 13.0 Å². The molecule has 0 spiro atoms. The number of aliphatic hydroxyl groups excluding tert-OH is 1. The molecular formula is C17H17N3OS. The number of hydrogen-bond acceptors (Lipinski definition) is 3. The van der Waals surface area contributed by atoms with E-state index in [1.807, 2.05) is 6.07 Å². The third-order valence-electron chi connectivity index (χ3n) is 4.25. The molecule has 0 saturated heterocycles. The predicted octanol–water partition coefficient (Wildman–Crippen LogP) is 4.26. The van der Waals surface area contributed by atoms with Gasteiger partial charge in [0, 0.05) is 23.4 Å². The molecule has 1 atom stereocenters. The van der Waals surface area contributed by atoms with E-state index in [1.54, 1.807) is 11.3 Å². The van der Waals surface area contributed by atoms with Crippen molar-refractivity contribution >= 4 is 32.5 Å². The Labute approximate surface area is 131 Å². The number of aromatic nitrogens is 3. The van der Waals surface area contributed by atoms with Gasteiger partial charge in [-0.25, -0.2) is 0 Å². The number of hydrogen-bond donors (Lipinski definition) is 3. The fourth-order valence-corrected chi connectivity index (χ4v) is 3.78. The summed E-state index contributed by atoms with van der Waals surface area (Å²) in [5.41, 5.74) is 5.35. The molecule has 0 amide bonds. The summed E-state index contributed by atoms with van der Waals surface area (Å²) in [5.74, 6) is 0.206. The lowest BCUT2D eigenvalue weighted by Gasteiger charge is -2.11. The van der Waals surface area contributed by atoms with Gasteiger partial charge in [0.1, 0.15) is 5.69 Å². The van der Waals surface area contributed by atoms with Crippen molar-refractivity contribution in [2.24, 2.45) is 0 Å². The maximum atomic E-state index is 9.48. The van der Waals surface area contributed by atoms with Crippen LogP contribution in [-0.2, 0) is 0 Å². The fourth-order valence-electron chi connectivity index (χ4n) is 2.93. The van der Waals surface area contributed by atoms with E-state index in [0.717, 1.165) is 34.2 Å². The van der Waals surface area contributed by atoms with Crippen LogP contribution in [-0.4, -0.2) is 26.9 Å². The Kier molecular flexibility index (Phi) is 3.24. The molecule has 0 radical (unpaired) electrons. The Morgan fingerprint density at radius 2 is 2.14 bits per heavy atom. The smallest absolute Gasteiger partial charge is 0.126 e. The van der Waals surface area contributed by atoms with Crippen LogP contribution in [0.25, 0.3) is 32.5 Å². The molecule has 0 aliphatic rings. The molecule has 112 valence electrons. The lowest BCUT2D eigenvalue weighted by molar-refractivity contribution is 0.262. The molecule has 0 saturated carbocycles. The number of nitrogens with zero attached hydrogens (tertiary/aromatic N) is 1. The zero-order valence-electron chi connectivity index (χ0n) is 12.3. The van der Waals surface area contributed by atoms with Crippen molar-refractivity contribution in [1.29, 1.82) is 0 Å². The highest BCUT2D eigenvalue weighted by Crippen LogP contribution is 2.32. The van der Waals surface area contributed by atoms with Crippen molar-refractivity contribution in [1.82, 2.24) is 15.2 Å². The maximum absolute atomic E-state index is 9.48. The number of aromatic amines is 2. The third kappa shape index (κ3) is 2.05. The molecule has 0 aliphatic carbocycles. The molecule has 0 fully saturated rings. The standard InChI is InChI=1S/C17H17N3OS/c1-2-10(9-21)11-3-4-13-12(7-11)8-15(18-13)16-17-14(19-20-16)5-6-22-17/h3-8,10,18,21H,2,9H2,1H3,(H,19,20). The number of fused-ring (bicyclic) bond motifs is 2. The average Bonchev–Trinajstić information content (AvgIpc) is 3.22. The van der Waals surface area contributed by atoms with Crippen LogP contribution < -0.4 is 0 Å². The number of rotatable bonds is 4. The summed E-state index contributed by atoms with van der Waals surface area (Å²) in [5, 5.41) is 20.2. The van der Waals surface area contributed by atoms with Crippen molar-refractivity contribution in [3.8, 4) is 11.4 Å². The van der Waals surface area contributed by atoms with Crippen molar-refractivity contribution in [3.05, 3.63) is 41.3 Å². The molecule has 4 rings (SSSR count). The first-order valence-corrected chi connectivity index (χ1v) is 8.33. The molecule has 1 aromatic carbocycles. The van der Waals surface area contributed by atoms with E-state index in [0.29, 0.717) is 0 Å². The Morgan fingerprint density at radius 3 is 2.95 bits per heavy atom. The van der Waals surface area contributed by atoms with E-state index < -0.39 is 0 Å². The maximum Gasteiger partial charge on any atom is 0.126 e. The second kappa shape index (κ2) is 5.26. The van der Waals surface area contributed by atoms with Crippen molar-refractivity contribution in [2.75, 3.05) is 6.61 Å². The monoisotopic (exact) mass is 311 g/mol. The number of benzene rings is 1. The van der Waals surface area contributed by atoms with Gasteiger partial charge < -0.3 is 10.1 Å². The first-order valence-electron chi connectivity index (χ1n) is 7.45. The van der Waals surface area contributed by atoms with Gasteiger partial charge in [0.2, 0.25) is 0 Å². The molecule has 4 aromatic rings. The van der Waals surface area contributed by atoms with Gasteiger partial charge >= 0.3 is 0 Å². The Balaban J connectivity index is 1.82. The predicted molar refractivity (Wildman–Crippen MR) is 91.4 cm³/mol. The van der Waals surface area contributed by atoms with Crippen LogP contribution in [0, 0.1) is 0 Å². The second-order valence-corrected chi connectivity index (χ2v) is 6.47. The molecule has 4 nitrogen and oxygen atoms in total. The highest BCUT2D eigenvalue weighted by molar-refractivity contribution is 7.17. The molecule has 22 heavy (non-hydrogen) atoms. The van der Waals surface area contributed by atoms with E-state index >= 15 is 0 Å². The molecule has 0 aliphatic heterocycles. The third-order valence-corrected chi connectivity index (χ3v) is 5.17. The lowest BCUT2D eigenvalue weighted by atomic mass is 9.96. The van der Waals surface area contributed by atoms with Crippen LogP contribution in [0.5, 0.6) is 0 Å². The summed E-state index contributed by atoms with van der Waals surface area (Å²) in [6.07, 6.45) is 0.939.